The number of nitrogens with zero attached hydrogens (tertiary/aromatic N) is 2. The van der Waals surface area contributed by atoms with Gasteiger partial charge in [0.1, 0.15) is 0 Å². The van der Waals surface area contributed by atoms with Gasteiger partial charge in [-0.3, -0.25) is 9.48 Å². The van der Waals surface area contributed by atoms with E-state index in [-0.39, 0.29) is 6.42 Å². The second-order valence-corrected chi connectivity index (χ2v) is 3.14. The number of H-pyrrole nitrogens is 1. The minimum Gasteiger partial charge on any atom is -0.481 e. The highest BCUT2D eigenvalue weighted by molar-refractivity contribution is 5.74. The zero-order chi connectivity index (χ0) is 9.97. The van der Waals surface area contributed by atoms with Gasteiger partial charge in [0.25, 0.3) is 0 Å². The maximum Gasteiger partial charge on any atom is 0.303 e. The van der Waals surface area contributed by atoms with Crippen molar-refractivity contribution in [2.24, 2.45) is 0 Å². The normalized spacial score (nSPS) is 10.9. The molecule has 0 amide bonds. The van der Waals surface area contributed by atoms with Crippen LogP contribution in [0.2, 0.25) is 0 Å². The van der Waals surface area contributed by atoms with Gasteiger partial charge in [-0.15, -0.1) is 0 Å². The lowest BCUT2D eigenvalue weighted by Crippen LogP contribution is -2.02. The predicted octanol–water partition coefficient (Wildman–Crippen LogP) is 1.23. The van der Waals surface area contributed by atoms with Gasteiger partial charge >= 0.3 is 5.97 Å². The van der Waals surface area contributed by atoms with Crippen LogP contribution in [0.25, 0.3) is 11.0 Å². The van der Waals surface area contributed by atoms with Crippen LogP contribution in [0, 0.1) is 0 Å². The number of rotatable bonds is 4. The first-order chi connectivity index (χ1) is 6.77. The Labute approximate surface area is 80.3 Å². The lowest BCUT2D eigenvalue weighted by molar-refractivity contribution is -0.137. The lowest BCUT2D eigenvalue weighted by Gasteiger charge is -1.99. The van der Waals surface area contributed by atoms with Crippen LogP contribution in [0.1, 0.15) is 12.8 Å². The number of aromatic amines is 1. The van der Waals surface area contributed by atoms with Crippen molar-refractivity contribution in [2.45, 2.75) is 19.4 Å². The van der Waals surface area contributed by atoms with E-state index in [1.807, 2.05) is 16.9 Å². The van der Waals surface area contributed by atoms with Crippen LogP contribution in [0.15, 0.2) is 18.5 Å². The molecule has 5 nitrogen and oxygen atoms in total. The van der Waals surface area contributed by atoms with E-state index in [1.54, 1.807) is 6.20 Å². The first kappa shape index (κ1) is 8.80. The average Bonchev–Trinajstić information content (AvgIpc) is 2.67. The van der Waals surface area contributed by atoms with Gasteiger partial charge in [-0.1, -0.05) is 0 Å². The Morgan fingerprint density at radius 2 is 2.50 bits per heavy atom. The molecule has 0 radical (unpaired) electrons. The predicted molar refractivity (Wildman–Crippen MR) is 51.0 cm³/mol. The summed E-state index contributed by atoms with van der Waals surface area (Å²) in [5.74, 6) is -0.762. The molecular formula is C9H11N3O2. The molecule has 0 bridgehead atoms. The zero-order valence-corrected chi connectivity index (χ0v) is 7.60. The van der Waals surface area contributed by atoms with Crippen LogP contribution in [0.5, 0.6) is 0 Å². The minimum absolute atomic E-state index is 0.186. The maximum atomic E-state index is 10.3. The Bertz CT molecular complexity index is 444. The lowest BCUT2D eigenvalue weighted by atomic mass is 10.3. The molecule has 0 spiro atoms. The summed E-state index contributed by atoms with van der Waals surface area (Å²) in [6.45, 7) is 0.646. The molecule has 74 valence electrons. The van der Waals surface area contributed by atoms with E-state index in [0.717, 1.165) is 11.0 Å². The largest absolute Gasteiger partial charge is 0.481 e. The molecule has 0 saturated heterocycles. The summed E-state index contributed by atoms with van der Waals surface area (Å²) in [6, 6.07) is 1.93. The quantitative estimate of drug-likeness (QED) is 0.767. The van der Waals surface area contributed by atoms with Crippen molar-refractivity contribution in [1.82, 2.24) is 14.8 Å². The topological polar surface area (TPSA) is 70.9 Å². The van der Waals surface area contributed by atoms with E-state index < -0.39 is 5.97 Å². The number of aliphatic carboxylic acids is 1. The molecule has 0 unspecified atom stereocenters. The van der Waals surface area contributed by atoms with Crippen molar-refractivity contribution >= 4 is 17.0 Å². The minimum atomic E-state index is -0.762. The molecule has 0 aliphatic carbocycles. The Hall–Kier alpha value is -1.78. The molecule has 2 rings (SSSR count). The molecule has 0 saturated carbocycles. The van der Waals surface area contributed by atoms with Gasteiger partial charge < -0.3 is 10.1 Å². The molecule has 0 fully saturated rings. The summed E-state index contributed by atoms with van der Waals surface area (Å²) >= 11 is 0. The SMILES string of the molecule is O=C(O)CCCn1ncc2[nH]ccc21. The van der Waals surface area contributed by atoms with Gasteiger partial charge in [0.15, 0.2) is 0 Å². The van der Waals surface area contributed by atoms with E-state index in [2.05, 4.69) is 10.1 Å². The smallest absolute Gasteiger partial charge is 0.303 e. The molecule has 2 aromatic heterocycles. The number of carboxylic acid groups (broad SMARTS) is 1. The van der Waals surface area contributed by atoms with Gasteiger partial charge in [-0.2, -0.15) is 5.10 Å². The van der Waals surface area contributed by atoms with Crippen molar-refractivity contribution in [3.63, 3.8) is 0 Å². The van der Waals surface area contributed by atoms with E-state index in [9.17, 15) is 4.79 Å². The Morgan fingerprint density at radius 3 is 3.29 bits per heavy atom. The van der Waals surface area contributed by atoms with Crippen molar-refractivity contribution in [1.29, 1.82) is 0 Å². The number of carboxylic acids is 1. The Morgan fingerprint density at radius 1 is 1.64 bits per heavy atom. The second-order valence-electron chi connectivity index (χ2n) is 3.14. The fraction of sp³-hybridized carbons (Fsp3) is 0.333. The third-order valence-corrected chi connectivity index (χ3v) is 2.12. The van der Waals surface area contributed by atoms with Crippen LogP contribution in [0.3, 0.4) is 0 Å². The highest BCUT2D eigenvalue weighted by Gasteiger charge is 2.03. The molecule has 2 aromatic rings. The molecule has 0 aliphatic rings. The van der Waals surface area contributed by atoms with E-state index in [1.165, 1.54) is 0 Å². The van der Waals surface area contributed by atoms with Gasteiger partial charge in [-0.25, -0.2) is 0 Å². The highest BCUT2D eigenvalue weighted by atomic mass is 16.4. The van der Waals surface area contributed by atoms with E-state index >= 15 is 0 Å². The summed E-state index contributed by atoms with van der Waals surface area (Å²) in [7, 11) is 0. The molecule has 0 aliphatic heterocycles. The molecule has 2 heterocycles. The summed E-state index contributed by atoms with van der Waals surface area (Å²) in [4.78, 5) is 13.3. The van der Waals surface area contributed by atoms with Gasteiger partial charge in [0.2, 0.25) is 0 Å². The third kappa shape index (κ3) is 1.61. The second kappa shape index (κ2) is 3.53. The first-order valence-corrected chi connectivity index (χ1v) is 4.48. The molecule has 0 atom stereocenters. The third-order valence-electron chi connectivity index (χ3n) is 2.12. The summed E-state index contributed by atoms with van der Waals surface area (Å²) in [5.41, 5.74) is 2.01. The molecule has 5 heteroatoms. The van der Waals surface area contributed by atoms with Gasteiger partial charge in [-0.05, 0) is 12.5 Å². The summed E-state index contributed by atoms with van der Waals surface area (Å²) < 4.78 is 1.81. The highest BCUT2D eigenvalue weighted by Crippen LogP contribution is 2.11. The monoisotopic (exact) mass is 193 g/mol. The average molecular weight is 193 g/mol. The molecule has 14 heavy (non-hydrogen) atoms. The number of carbonyl (C=O) groups is 1. The standard InChI is InChI=1S/C9H11N3O2/c13-9(14)2-1-5-12-8-3-4-10-7(8)6-11-12/h3-4,6,10H,1-2,5H2,(H,13,14). The van der Waals surface area contributed by atoms with Crippen molar-refractivity contribution < 1.29 is 9.90 Å². The Balaban J connectivity index is 2.04. The molecule has 2 N–H and O–H groups in total. The number of hydrogen-bond acceptors (Lipinski definition) is 2. The summed E-state index contributed by atoms with van der Waals surface area (Å²) in [5, 5.41) is 12.6. The van der Waals surface area contributed by atoms with Crippen LogP contribution in [-0.2, 0) is 11.3 Å². The fourth-order valence-electron chi connectivity index (χ4n) is 1.45. The van der Waals surface area contributed by atoms with Crippen LogP contribution in [-0.4, -0.2) is 25.8 Å². The number of hydrogen-bond donors (Lipinski definition) is 2. The van der Waals surface area contributed by atoms with E-state index in [4.69, 9.17) is 5.11 Å². The maximum absolute atomic E-state index is 10.3. The van der Waals surface area contributed by atoms with Crippen molar-refractivity contribution in [3.8, 4) is 0 Å². The molecular weight excluding hydrogens is 182 g/mol. The van der Waals surface area contributed by atoms with Gasteiger partial charge in [0, 0.05) is 19.2 Å². The van der Waals surface area contributed by atoms with Crippen LogP contribution < -0.4 is 0 Å². The van der Waals surface area contributed by atoms with Crippen LogP contribution >= 0.6 is 0 Å². The van der Waals surface area contributed by atoms with Gasteiger partial charge in [0.05, 0.1) is 17.2 Å². The first-order valence-electron chi connectivity index (χ1n) is 4.48. The zero-order valence-electron chi connectivity index (χ0n) is 7.60. The molecule has 0 aromatic carbocycles. The fourth-order valence-corrected chi connectivity index (χ4v) is 1.45. The number of nitrogens with one attached hydrogen (secondary N) is 1. The van der Waals surface area contributed by atoms with E-state index in [0.29, 0.717) is 13.0 Å². The number of fused-ring (bicyclic) bond motifs is 1. The van der Waals surface area contributed by atoms with Crippen LogP contribution in [0.4, 0.5) is 0 Å². The van der Waals surface area contributed by atoms with Crippen molar-refractivity contribution in [3.05, 3.63) is 18.5 Å². The summed E-state index contributed by atoms with van der Waals surface area (Å²) in [6.07, 6.45) is 4.39. The number of aromatic nitrogens is 3. The Kier molecular flexibility index (Phi) is 2.22. The number of aryl methyl sites for hydroxylation is 1. The van der Waals surface area contributed by atoms with Crippen molar-refractivity contribution in [2.75, 3.05) is 0 Å².